The van der Waals surface area contributed by atoms with Crippen LogP contribution in [0.1, 0.15) is 30.1 Å². The number of aromatic nitrogens is 1. The van der Waals surface area contributed by atoms with Crippen LogP contribution in [0.15, 0.2) is 52.4 Å². The molecule has 1 amide bonds. The lowest BCUT2D eigenvalue weighted by molar-refractivity contribution is 0.0998. The number of fused-ring (bicyclic) bond motifs is 1. The second-order valence-electron chi connectivity index (χ2n) is 7.61. The number of piperidine rings is 1. The topological polar surface area (TPSA) is 71.7 Å². The van der Waals surface area contributed by atoms with Gasteiger partial charge in [-0.3, -0.25) is 4.79 Å². The van der Waals surface area contributed by atoms with Crippen molar-refractivity contribution in [2.24, 2.45) is 18.0 Å². The molecule has 1 fully saturated rings. The summed E-state index contributed by atoms with van der Waals surface area (Å²) in [6.07, 6.45) is 1.91. The Kier molecular flexibility index (Phi) is 5.85. The number of amides is 1. The van der Waals surface area contributed by atoms with Gasteiger partial charge in [-0.05, 0) is 61.2 Å². The number of rotatable bonds is 3. The van der Waals surface area contributed by atoms with Gasteiger partial charge in [0.05, 0.1) is 15.1 Å². The summed E-state index contributed by atoms with van der Waals surface area (Å²) in [5, 5.41) is 0.627. The van der Waals surface area contributed by atoms with E-state index in [1.807, 2.05) is 23.7 Å². The third-order valence-corrected chi connectivity index (χ3v) is 8.54. The lowest BCUT2D eigenvalue weighted by Crippen LogP contribution is -2.39. The Morgan fingerprint density at radius 1 is 1.20 bits per heavy atom. The fraction of sp³-hybridized carbons (Fsp3) is 0.333. The quantitative estimate of drug-likeness (QED) is 0.588. The number of thiazole rings is 1. The van der Waals surface area contributed by atoms with Gasteiger partial charge >= 0.3 is 0 Å². The Morgan fingerprint density at radius 3 is 2.63 bits per heavy atom. The molecular formula is C21H22ClN3O3S2. The molecule has 6 nitrogen and oxygen atoms in total. The molecule has 0 N–H and O–H groups in total. The van der Waals surface area contributed by atoms with Crippen molar-refractivity contribution in [1.82, 2.24) is 8.87 Å². The van der Waals surface area contributed by atoms with E-state index in [2.05, 4.69) is 11.9 Å². The maximum Gasteiger partial charge on any atom is 0.279 e. The van der Waals surface area contributed by atoms with E-state index in [0.717, 1.165) is 23.1 Å². The standard InChI is InChI=1S/C21H22ClN3O3S2/c1-14-4-3-11-25(13-14)30(27,28)17-8-5-15(6-9-17)20(26)23-21-24(2)18-10-7-16(22)12-19(18)29-21/h5-10,12,14H,3-4,11,13H2,1-2H3. The first-order valence-corrected chi connectivity index (χ1v) is 12.3. The third kappa shape index (κ3) is 4.09. The Balaban J connectivity index is 1.61. The van der Waals surface area contributed by atoms with Gasteiger partial charge in [-0.1, -0.05) is 29.9 Å². The molecule has 0 aliphatic carbocycles. The number of sulfonamides is 1. The monoisotopic (exact) mass is 463 g/mol. The molecule has 0 saturated carbocycles. The average molecular weight is 464 g/mol. The van der Waals surface area contributed by atoms with Crippen LogP contribution in [0.5, 0.6) is 0 Å². The fourth-order valence-electron chi connectivity index (χ4n) is 3.65. The number of hydrogen-bond donors (Lipinski definition) is 0. The first-order valence-electron chi connectivity index (χ1n) is 9.70. The zero-order valence-electron chi connectivity index (χ0n) is 16.7. The van der Waals surface area contributed by atoms with Gasteiger partial charge in [0.1, 0.15) is 0 Å². The van der Waals surface area contributed by atoms with E-state index in [0.29, 0.717) is 34.4 Å². The number of hydrogen-bond acceptors (Lipinski definition) is 4. The molecule has 1 aromatic heterocycles. The Morgan fingerprint density at radius 2 is 1.93 bits per heavy atom. The Hall–Kier alpha value is -2.00. The maximum absolute atomic E-state index is 12.9. The molecule has 30 heavy (non-hydrogen) atoms. The van der Waals surface area contributed by atoms with Gasteiger partial charge in [0, 0.05) is 30.7 Å². The average Bonchev–Trinajstić information content (AvgIpc) is 3.02. The largest absolute Gasteiger partial charge is 0.319 e. The summed E-state index contributed by atoms with van der Waals surface area (Å²) in [5.41, 5.74) is 1.28. The lowest BCUT2D eigenvalue weighted by Gasteiger charge is -2.30. The van der Waals surface area contributed by atoms with E-state index in [4.69, 9.17) is 11.6 Å². The van der Waals surface area contributed by atoms with Crippen molar-refractivity contribution in [3.05, 3.63) is 57.9 Å². The van der Waals surface area contributed by atoms with Gasteiger partial charge in [-0.15, -0.1) is 0 Å². The van der Waals surface area contributed by atoms with Crippen LogP contribution in [0.25, 0.3) is 10.2 Å². The molecule has 1 aliphatic heterocycles. The minimum absolute atomic E-state index is 0.204. The van der Waals surface area contributed by atoms with Crippen molar-refractivity contribution >= 4 is 49.1 Å². The van der Waals surface area contributed by atoms with Gasteiger partial charge in [0.2, 0.25) is 10.0 Å². The predicted molar refractivity (Wildman–Crippen MR) is 119 cm³/mol. The molecule has 0 bridgehead atoms. The molecular weight excluding hydrogens is 442 g/mol. The molecule has 0 radical (unpaired) electrons. The SMILES string of the molecule is CC1CCCN(S(=O)(=O)c2ccc(C(=O)N=c3sc4cc(Cl)ccc4n3C)cc2)C1. The lowest BCUT2D eigenvalue weighted by atomic mass is 10.0. The van der Waals surface area contributed by atoms with Crippen LogP contribution < -0.4 is 4.80 Å². The van der Waals surface area contributed by atoms with E-state index >= 15 is 0 Å². The van der Waals surface area contributed by atoms with E-state index in [-0.39, 0.29) is 4.90 Å². The molecule has 0 spiro atoms. The van der Waals surface area contributed by atoms with Crippen LogP contribution in [-0.4, -0.2) is 36.3 Å². The second-order valence-corrected chi connectivity index (χ2v) is 11.0. The predicted octanol–water partition coefficient (Wildman–Crippen LogP) is 4.05. The summed E-state index contributed by atoms with van der Waals surface area (Å²) < 4.78 is 30.1. The van der Waals surface area contributed by atoms with E-state index < -0.39 is 15.9 Å². The van der Waals surface area contributed by atoms with Crippen LogP contribution in [0, 0.1) is 5.92 Å². The van der Waals surface area contributed by atoms with Gasteiger partial charge in [0.25, 0.3) is 5.91 Å². The van der Waals surface area contributed by atoms with E-state index in [1.165, 1.54) is 39.9 Å². The fourth-order valence-corrected chi connectivity index (χ4v) is 6.54. The van der Waals surface area contributed by atoms with Crippen molar-refractivity contribution in [2.45, 2.75) is 24.7 Å². The van der Waals surface area contributed by atoms with E-state index in [9.17, 15) is 13.2 Å². The minimum Gasteiger partial charge on any atom is -0.319 e. The zero-order valence-corrected chi connectivity index (χ0v) is 19.1. The second kappa shape index (κ2) is 8.26. The Labute approximate surface area is 184 Å². The number of benzene rings is 2. The first kappa shape index (κ1) is 21.2. The van der Waals surface area contributed by atoms with Crippen LogP contribution in [0.2, 0.25) is 5.02 Å². The normalized spacial score (nSPS) is 18.8. The number of carbonyl (C=O) groups is 1. The minimum atomic E-state index is -3.55. The highest BCUT2D eigenvalue weighted by molar-refractivity contribution is 7.89. The summed E-state index contributed by atoms with van der Waals surface area (Å²) in [6.45, 7) is 3.13. The van der Waals surface area contributed by atoms with Crippen molar-refractivity contribution in [1.29, 1.82) is 0 Å². The summed E-state index contributed by atoms with van der Waals surface area (Å²) in [7, 11) is -1.71. The summed E-state index contributed by atoms with van der Waals surface area (Å²) >= 11 is 7.42. The smallest absolute Gasteiger partial charge is 0.279 e. The third-order valence-electron chi connectivity index (χ3n) is 5.33. The number of halogens is 1. The molecule has 1 saturated heterocycles. The molecule has 2 heterocycles. The molecule has 3 aromatic rings. The van der Waals surface area contributed by atoms with Crippen LogP contribution in [0.4, 0.5) is 0 Å². The van der Waals surface area contributed by atoms with Crippen molar-refractivity contribution in [3.8, 4) is 0 Å². The molecule has 1 atom stereocenters. The van der Waals surface area contributed by atoms with Crippen molar-refractivity contribution in [2.75, 3.05) is 13.1 Å². The molecule has 2 aromatic carbocycles. The van der Waals surface area contributed by atoms with Crippen LogP contribution >= 0.6 is 22.9 Å². The summed E-state index contributed by atoms with van der Waals surface area (Å²) in [4.78, 5) is 17.6. The van der Waals surface area contributed by atoms with Gasteiger partial charge in [0.15, 0.2) is 4.80 Å². The molecule has 9 heteroatoms. The highest BCUT2D eigenvalue weighted by atomic mass is 35.5. The Bertz CT molecular complexity index is 1280. The highest BCUT2D eigenvalue weighted by Gasteiger charge is 2.28. The van der Waals surface area contributed by atoms with Gasteiger partial charge in [-0.25, -0.2) is 8.42 Å². The van der Waals surface area contributed by atoms with Gasteiger partial charge in [-0.2, -0.15) is 9.30 Å². The van der Waals surface area contributed by atoms with Crippen LogP contribution in [0.3, 0.4) is 0 Å². The number of nitrogens with zero attached hydrogens (tertiary/aromatic N) is 3. The molecule has 4 rings (SSSR count). The van der Waals surface area contributed by atoms with E-state index in [1.54, 1.807) is 6.07 Å². The molecule has 158 valence electrons. The summed E-state index contributed by atoms with van der Waals surface area (Å²) in [5.74, 6) is -0.0658. The number of carbonyl (C=O) groups excluding carboxylic acids is 1. The first-order chi connectivity index (χ1) is 14.3. The number of aryl methyl sites for hydroxylation is 1. The zero-order chi connectivity index (χ0) is 21.5. The van der Waals surface area contributed by atoms with Gasteiger partial charge < -0.3 is 4.57 Å². The van der Waals surface area contributed by atoms with Crippen LogP contribution in [-0.2, 0) is 17.1 Å². The van der Waals surface area contributed by atoms with Crippen molar-refractivity contribution in [3.63, 3.8) is 0 Å². The molecule has 1 unspecified atom stereocenters. The van der Waals surface area contributed by atoms with Crippen molar-refractivity contribution < 1.29 is 13.2 Å². The highest BCUT2D eigenvalue weighted by Crippen LogP contribution is 2.24. The maximum atomic E-state index is 12.9. The molecule has 1 aliphatic rings. The summed E-state index contributed by atoms with van der Waals surface area (Å²) in [6, 6.07) is 11.5.